The van der Waals surface area contributed by atoms with Crippen molar-refractivity contribution in [1.29, 1.82) is 0 Å². The molecule has 2 heterocycles. The second kappa shape index (κ2) is 4.87. The van der Waals surface area contributed by atoms with Gasteiger partial charge in [0.25, 0.3) is 0 Å². The molecule has 19 heavy (non-hydrogen) atoms. The minimum absolute atomic E-state index is 0.0243. The molecule has 106 valence electrons. The van der Waals surface area contributed by atoms with Crippen molar-refractivity contribution in [3.05, 3.63) is 11.7 Å². The average Bonchev–Trinajstić information content (AvgIpc) is 2.97. The highest BCUT2D eigenvalue weighted by molar-refractivity contribution is 5.03. The van der Waals surface area contributed by atoms with Gasteiger partial charge in [0.15, 0.2) is 5.82 Å². The molecule has 2 atom stereocenters. The van der Waals surface area contributed by atoms with Gasteiger partial charge < -0.3 is 14.9 Å². The lowest BCUT2D eigenvalue weighted by molar-refractivity contribution is 0.191. The number of aromatic nitrogens is 2. The van der Waals surface area contributed by atoms with Crippen LogP contribution in [0.3, 0.4) is 0 Å². The van der Waals surface area contributed by atoms with Crippen molar-refractivity contribution in [2.75, 3.05) is 6.54 Å². The van der Waals surface area contributed by atoms with E-state index in [4.69, 9.17) is 4.52 Å². The molecule has 0 unspecified atom stereocenters. The fourth-order valence-corrected chi connectivity index (χ4v) is 3.12. The smallest absolute Gasteiger partial charge is 0.243 e. The van der Waals surface area contributed by atoms with Gasteiger partial charge in [-0.1, -0.05) is 19.0 Å². The highest BCUT2D eigenvalue weighted by Gasteiger charge is 2.32. The molecule has 1 aromatic rings. The maximum absolute atomic E-state index is 9.52. The lowest BCUT2D eigenvalue weighted by atomic mass is 9.73. The Hall–Kier alpha value is -0.940. The zero-order valence-electron chi connectivity index (χ0n) is 11.7. The number of nitrogens with one attached hydrogen (secondary N) is 1. The number of nitrogens with zero attached hydrogens (tertiary/aromatic N) is 2. The van der Waals surface area contributed by atoms with Crippen LogP contribution in [0.5, 0.6) is 0 Å². The summed E-state index contributed by atoms with van der Waals surface area (Å²) in [7, 11) is 0. The highest BCUT2D eigenvalue weighted by atomic mass is 16.5. The van der Waals surface area contributed by atoms with E-state index in [1.165, 1.54) is 12.8 Å². The predicted octanol–water partition coefficient (Wildman–Crippen LogP) is 2.15. The SMILES string of the molecule is CC1(C)CCC(c2noc([C@H]3C[C@H](O)CN3)n2)CC1. The number of hydrogen-bond donors (Lipinski definition) is 2. The van der Waals surface area contributed by atoms with E-state index in [0.717, 1.165) is 18.7 Å². The molecule has 2 aliphatic rings. The second-order valence-electron chi connectivity index (χ2n) is 6.78. The molecule has 0 aromatic carbocycles. The van der Waals surface area contributed by atoms with E-state index < -0.39 is 0 Å². The molecule has 1 saturated carbocycles. The summed E-state index contributed by atoms with van der Waals surface area (Å²) in [6.07, 6.45) is 5.11. The molecule has 3 rings (SSSR count). The molecule has 1 saturated heterocycles. The average molecular weight is 265 g/mol. The summed E-state index contributed by atoms with van der Waals surface area (Å²) in [6.45, 7) is 5.27. The van der Waals surface area contributed by atoms with Crippen LogP contribution in [0.2, 0.25) is 0 Å². The van der Waals surface area contributed by atoms with Crippen LogP contribution in [-0.4, -0.2) is 27.9 Å². The van der Waals surface area contributed by atoms with Gasteiger partial charge in [-0.15, -0.1) is 0 Å². The largest absolute Gasteiger partial charge is 0.392 e. The van der Waals surface area contributed by atoms with Gasteiger partial charge >= 0.3 is 0 Å². The molecule has 1 aliphatic carbocycles. The first-order valence-corrected chi connectivity index (χ1v) is 7.28. The fraction of sp³-hybridized carbons (Fsp3) is 0.857. The lowest BCUT2D eigenvalue weighted by Crippen LogP contribution is -2.21. The molecule has 1 aliphatic heterocycles. The van der Waals surface area contributed by atoms with Crippen LogP contribution in [0.25, 0.3) is 0 Å². The van der Waals surface area contributed by atoms with Crippen molar-refractivity contribution in [3.8, 4) is 0 Å². The summed E-state index contributed by atoms with van der Waals surface area (Å²) < 4.78 is 5.37. The number of hydrogen-bond acceptors (Lipinski definition) is 5. The number of β-amino-alcohol motifs (C(OH)–C–C–N with tert-alkyl or cyclic N) is 1. The Labute approximate surface area is 113 Å². The zero-order valence-corrected chi connectivity index (χ0v) is 11.7. The van der Waals surface area contributed by atoms with Gasteiger partial charge in [0, 0.05) is 12.5 Å². The minimum atomic E-state index is -0.296. The standard InChI is InChI=1S/C14H23N3O2/c1-14(2)5-3-9(4-6-14)12-16-13(19-17-12)11-7-10(18)8-15-11/h9-11,15,18H,3-8H2,1-2H3/t10-,11+/m0/s1. The summed E-state index contributed by atoms with van der Waals surface area (Å²) in [5, 5.41) is 16.9. The Morgan fingerprint density at radius 3 is 2.68 bits per heavy atom. The molecule has 1 aromatic heterocycles. The van der Waals surface area contributed by atoms with E-state index in [-0.39, 0.29) is 12.1 Å². The fourth-order valence-electron chi connectivity index (χ4n) is 3.12. The Morgan fingerprint density at radius 1 is 1.32 bits per heavy atom. The van der Waals surface area contributed by atoms with E-state index in [9.17, 15) is 5.11 Å². The van der Waals surface area contributed by atoms with Gasteiger partial charge in [-0.3, -0.25) is 0 Å². The zero-order chi connectivity index (χ0) is 13.5. The Morgan fingerprint density at radius 2 is 2.05 bits per heavy atom. The van der Waals surface area contributed by atoms with Crippen molar-refractivity contribution in [3.63, 3.8) is 0 Å². The van der Waals surface area contributed by atoms with Gasteiger partial charge in [0.2, 0.25) is 5.89 Å². The monoisotopic (exact) mass is 265 g/mol. The van der Waals surface area contributed by atoms with Crippen LogP contribution >= 0.6 is 0 Å². The molecule has 0 amide bonds. The van der Waals surface area contributed by atoms with Crippen LogP contribution in [0.15, 0.2) is 4.52 Å². The van der Waals surface area contributed by atoms with Gasteiger partial charge in [-0.2, -0.15) is 4.98 Å². The van der Waals surface area contributed by atoms with Crippen molar-refractivity contribution < 1.29 is 9.63 Å². The van der Waals surface area contributed by atoms with Crippen molar-refractivity contribution >= 4 is 0 Å². The van der Waals surface area contributed by atoms with E-state index in [2.05, 4.69) is 29.3 Å². The molecule has 0 spiro atoms. The van der Waals surface area contributed by atoms with E-state index in [1.54, 1.807) is 0 Å². The second-order valence-corrected chi connectivity index (χ2v) is 6.78. The maximum atomic E-state index is 9.52. The molecule has 0 bridgehead atoms. The van der Waals surface area contributed by atoms with Gasteiger partial charge in [0.1, 0.15) is 0 Å². The summed E-state index contributed by atoms with van der Waals surface area (Å²) >= 11 is 0. The summed E-state index contributed by atoms with van der Waals surface area (Å²) in [5.74, 6) is 1.93. The molecular formula is C14H23N3O2. The molecule has 5 heteroatoms. The quantitative estimate of drug-likeness (QED) is 0.857. The van der Waals surface area contributed by atoms with E-state index >= 15 is 0 Å². The molecular weight excluding hydrogens is 242 g/mol. The Balaban J connectivity index is 1.65. The third-order valence-electron chi connectivity index (χ3n) is 4.57. The number of rotatable bonds is 2. The summed E-state index contributed by atoms with van der Waals surface area (Å²) in [5.41, 5.74) is 0.459. The first-order valence-electron chi connectivity index (χ1n) is 7.28. The minimum Gasteiger partial charge on any atom is -0.392 e. The topological polar surface area (TPSA) is 71.2 Å². The summed E-state index contributed by atoms with van der Waals surface area (Å²) in [4.78, 5) is 4.55. The van der Waals surface area contributed by atoms with Gasteiger partial charge in [0.05, 0.1) is 12.1 Å². The number of aliphatic hydroxyl groups excluding tert-OH is 1. The first-order chi connectivity index (χ1) is 9.03. The van der Waals surface area contributed by atoms with Crippen LogP contribution in [0.4, 0.5) is 0 Å². The number of aliphatic hydroxyl groups is 1. The Kier molecular flexibility index (Phi) is 3.35. The predicted molar refractivity (Wildman–Crippen MR) is 70.7 cm³/mol. The van der Waals surface area contributed by atoms with Crippen molar-refractivity contribution in [2.24, 2.45) is 5.41 Å². The van der Waals surface area contributed by atoms with E-state index in [1.807, 2.05) is 0 Å². The van der Waals surface area contributed by atoms with Crippen molar-refractivity contribution in [1.82, 2.24) is 15.5 Å². The summed E-state index contributed by atoms with van der Waals surface area (Å²) in [6, 6.07) is 0.0243. The Bertz CT molecular complexity index is 434. The van der Waals surface area contributed by atoms with Crippen LogP contribution in [-0.2, 0) is 0 Å². The maximum Gasteiger partial charge on any atom is 0.243 e. The molecule has 2 N–H and O–H groups in total. The normalized spacial score (nSPS) is 31.7. The van der Waals surface area contributed by atoms with E-state index in [0.29, 0.717) is 30.2 Å². The first kappa shape index (κ1) is 13.1. The van der Waals surface area contributed by atoms with Crippen LogP contribution < -0.4 is 5.32 Å². The van der Waals surface area contributed by atoms with Crippen LogP contribution in [0.1, 0.15) is 69.6 Å². The molecule has 0 radical (unpaired) electrons. The van der Waals surface area contributed by atoms with Crippen molar-refractivity contribution in [2.45, 2.75) is 64.0 Å². The highest BCUT2D eigenvalue weighted by Crippen LogP contribution is 2.41. The third kappa shape index (κ3) is 2.82. The van der Waals surface area contributed by atoms with Crippen LogP contribution in [0, 0.1) is 5.41 Å². The van der Waals surface area contributed by atoms with Gasteiger partial charge in [-0.05, 0) is 37.5 Å². The van der Waals surface area contributed by atoms with Gasteiger partial charge in [-0.25, -0.2) is 0 Å². The third-order valence-corrected chi connectivity index (χ3v) is 4.57. The lowest BCUT2D eigenvalue weighted by Gasteiger charge is -2.32. The molecule has 5 nitrogen and oxygen atoms in total. The molecule has 2 fully saturated rings.